The van der Waals surface area contributed by atoms with Gasteiger partial charge in [0.1, 0.15) is 5.82 Å². The second kappa shape index (κ2) is 3.75. The second-order valence-corrected chi connectivity index (χ2v) is 2.51. The van der Waals surface area contributed by atoms with Gasteiger partial charge in [-0.15, -0.1) is 0 Å². The first-order chi connectivity index (χ1) is 6.56. The van der Waals surface area contributed by atoms with Crippen LogP contribution in [0.15, 0.2) is 4.79 Å². The Hall–Kier alpha value is -2.09. The highest BCUT2D eigenvalue weighted by atomic mass is 16.2. The van der Waals surface area contributed by atoms with Gasteiger partial charge in [0, 0.05) is 7.05 Å². The molecular formula is C6H9N5O3. The second-order valence-electron chi connectivity index (χ2n) is 2.51. The summed E-state index contributed by atoms with van der Waals surface area (Å²) in [7, 11) is 1.32. The van der Waals surface area contributed by atoms with E-state index in [4.69, 9.17) is 5.84 Å². The highest BCUT2D eigenvalue weighted by Gasteiger charge is 2.16. The van der Waals surface area contributed by atoms with Crippen LogP contribution in [0.1, 0.15) is 10.5 Å². The van der Waals surface area contributed by atoms with Crippen LogP contribution in [-0.4, -0.2) is 34.3 Å². The first kappa shape index (κ1) is 9.99. The number of hydrogen-bond acceptors (Lipinski definition) is 4. The Morgan fingerprint density at radius 3 is 2.71 bits per heavy atom. The number of hydrazine groups is 1. The molecule has 1 aromatic rings. The third-order valence-corrected chi connectivity index (χ3v) is 1.46. The summed E-state index contributed by atoms with van der Waals surface area (Å²) in [5, 5.41) is 2.95. The summed E-state index contributed by atoms with van der Waals surface area (Å²) in [5.41, 5.74) is -0.688. The van der Waals surface area contributed by atoms with Crippen LogP contribution in [0.25, 0.3) is 0 Å². The molecule has 0 aliphatic carbocycles. The SMILES string of the molecule is CN(N)C(=O)c1[nH]c(=O)[nH]c1NC=O. The monoisotopic (exact) mass is 199 g/mol. The van der Waals surface area contributed by atoms with Gasteiger partial charge in [-0.2, -0.15) is 0 Å². The number of amides is 2. The Bertz CT molecular complexity index is 404. The summed E-state index contributed by atoms with van der Waals surface area (Å²) >= 11 is 0. The molecule has 0 saturated heterocycles. The number of nitrogens with two attached hydrogens (primary N) is 1. The Labute approximate surface area is 78.1 Å². The fraction of sp³-hybridized carbons (Fsp3) is 0.167. The lowest BCUT2D eigenvalue weighted by molar-refractivity contribution is -0.105. The number of aromatic nitrogens is 2. The van der Waals surface area contributed by atoms with E-state index in [0.29, 0.717) is 6.41 Å². The van der Waals surface area contributed by atoms with Crippen LogP contribution >= 0.6 is 0 Å². The first-order valence-corrected chi connectivity index (χ1v) is 3.61. The number of H-pyrrole nitrogens is 2. The van der Waals surface area contributed by atoms with Gasteiger partial charge in [-0.1, -0.05) is 0 Å². The Morgan fingerprint density at radius 1 is 1.57 bits per heavy atom. The van der Waals surface area contributed by atoms with Crippen molar-refractivity contribution in [3.8, 4) is 0 Å². The van der Waals surface area contributed by atoms with Crippen molar-refractivity contribution in [2.24, 2.45) is 5.84 Å². The van der Waals surface area contributed by atoms with Gasteiger partial charge in [-0.25, -0.2) is 10.6 Å². The number of nitrogens with zero attached hydrogens (tertiary/aromatic N) is 1. The standard InChI is InChI=1S/C6H9N5O3/c1-11(7)5(13)3-4(8-2-12)10-6(14)9-3/h2H,7H2,1H3,(H,8,12)(H2,9,10,14). The number of anilines is 1. The molecule has 1 heterocycles. The predicted molar refractivity (Wildman–Crippen MR) is 47.4 cm³/mol. The van der Waals surface area contributed by atoms with E-state index < -0.39 is 11.6 Å². The fourth-order valence-corrected chi connectivity index (χ4v) is 0.887. The number of nitrogens with one attached hydrogen (secondary N) is 3. The van der Waals surface area contributed by atoms with Crippen molar-refractivity contribution in [3.63, 3.8) is 0 Å². The lowest BCUT2D eigenvalue weighted by Gasteiger charge is -2.08. The average Bonchev–Trinajstić information content (AvgIpc) is 2.46. The maximum Gasteiger partial charge on any atom is 0.325 e. The van der Waals surface area contributed by atoms with E-state index in [1.165, 1.54) is 7.05 Å². The lowest BCUT2D eigenvalue weighted by Crippen LogP contribution is -2.34. The quantitative estimate of drug-likeness (QED) is 0.199. The molecule has 1 rings (SSSR count). The van der Waals surface area contributed by atoms with E-state index in [9.17, 15) is 14.4 Å². The molecule has 0 spiro atoms. The summed E-state index contributed by atoms with van der Waals surface area (Å²) in [6.07, 6.45) is 0.340. The largest absolute Gasteiger partial charge is 0.325 e. The van der Waals surface area contributed by atoms with E-state index in [1.54, 1.807) is 0 Å². The fourth-order valence-electron chi connectivity index (χ4n) is 0.887. The van der Waals surface area contributed by atoms with E-state index in [2.05, 4.69) is 15.3 Å². The molecule has 0 aliphatic rings. The summed E-state index contributed by atoms with van der Waals surface area (Å²) in [6, 6.07) is 0. The van der Waals surface area contributed by atoms with Crippen molar-refractivity contribution in [1.82, 2.24) is 15.0 Å². The lowest BCUT2D eigenvalue weighted by atomic mass is 10.4. The molecule has 8 nitrogen and oxygen atoms in total. The number of aromatic amines is 2. The Kier molecular flexibility index (Phi) is 2.67. The van der Waals surface area contributed by atoms with E-state index >= 15 is 0 Å². The van der Waals surface area contributed by atoms with Crippen LogP contribution in [-0.2, 0) is 4.79 Å². The van der Waals surface area contributed by atoms with Gasteiger partial charge < -0.3 is 5.32 Å². The van der Waals surface area contributed by atoms with Crippen molar-refractivity contribution in [3.05, 3.63) is 16.2 Å². The molecule has 76 valence electrons. The molecule has 0 saturated carbocycles. The number of rotatable bonds is 3. The molecule has 0 aliphatic heterocycles. The molecule has 8 heteroatoms. The van der Waals surface area contributed by atoms with Gasteiger partial charge in [-0.3, -0.25) is 24.6 Å². The zero-order valence-corrected chi connectivity index (χ0v) is 7.33. The van der Waals surface area contributed by atoms with Gasteiger partial charge in [-0.05, 0) is 0 Å². The predicted octanol–water partition coefficient (Wildman–Crippen LogP) is -1.78. The van der Waals surface area contributed by atoms with Crippen molar-refractivity contribution in [1.29, 1.82) is 0 Å². The molecule has 0 radical (unpaired) electrons. The molecule has 0 fully saturated rings. The number of carbonyl (C=O) groups excluding carboxylic acids is 2. The van der Waals surface area contributed by atoms with Crippen LogP contribution in [0.5, 0.6) is 0 Å². The van der Waals surface area contributed by atoms with E-state index in [0.717, 1.165) is 5.01 Å². The highest BCUT2D eigenvalue weighted by Crippen LogP contribution is 2.06. The Balaban J connectivity index is 3.12. The molecular weight excluding hydrogens is 190 g/mol. The minimum atomic E-state index is -0.618. The summed E-state index contributed by atoms with van der Waals surface area (Å²) < 4.78 is 0. The number of imidazole rings is 1. The van der Waals surface area contributed by atoms with Crippen molar-refractivity contribution < 1.29 is 9.59 Å². The molecule has 14 heavy (non-hydrogen) atoms. The van der Waals surface area contributed by atoms with Gasteiger partial charge in [0.05, 0.1) is 0 Å². The van der Waals surface area contributed by atoms with Crippen molar-refractivity contribution in [2.75, 3.05) is 12.4 Å². The topological polar surface area (TPSA) is 124 Å². The number of carbonyl (C=O) groups is 2. The molecule has 0 bridgehead atoms. The molecule has 1 aromatic heterocycles. The first-order valence-electron chi connectivity index (χ1n) is 3.61. The maximum absolute atomic E-state index is 11.3. The third-order valence-electron chi connectivity index (χ3n) is 1.46. The van der Waals surface area contributed by atoms with E-state index in [1.807, 2.05) is 0 Å². The van der Waals surface area contributed by atoms with Gasteiger partial charge in [0.2, 0.25) is 6.41 Å². The Morgan fingerprint density at radius 2 is 2.21 bits per heavy atom. The van der Waals surface area contributed by atoms with Gasteiger partial charge >= 0.3 is 5.69 Å². The highest BCUT2D eigenvalue weighted by molar-refractivity contribution is 5.97. The summed E-state index contributed by atoms with van der Waals surface area (Å²) in [6.45, 7) is 0. The molecule has 0 unspecified atom stereocenters. The summed E-state index contributed by atoms with van der Waals surface area (Å²) in [4.78, 5) is 36.7. The van der Waals surface area contributed by atoms with Gasteiger partial charge in [0.15, 0.2) is 5.69 Å². The average molecular weight is 199 g/mol. The van der Waals surface area contributed by atoms with Crippen molar-refractivity contribution in [2.45, 2.75) is 0 Å². The minimum Gasteiger partial charge on any atom is -0.313 e. The van der Waals surface area contributed by atoms with Crippen LogP contribution in [0.4, 0.5) is 5.82 Å². The van der Waals surface area contributed by atoms with E-state index in [-0.39, 0.29) is 11.5 Å². The third kappa shape index (κ3) is 1.80. The van der Waals surface area contributed by atoms with Crippen LogP contribution in [0, 0.1) is 0 Å². The smallest absolute Gasteiger partial charge is 0.313 e. The van der Waals surface area contributed by atoms with Crippen LogP contribution in [0.3, 0.4) is 0 Å². The van der Waals surface area contributed by atoms with Crippen LogP contribution in [0.2, 0.25) is 0 Å². The molecule has 5 N–H and O–H groups in total. The zero-order chi connectivity index (χ0) is 10.7. The molecule has 2 amide bonds. The summed E-state index contributed by atoms with van der Waals surface area (Å²) in [5.74, 6) is 4.55. The van der Waals surface area contributed by atoms with Gasteiger partial charge in [0.25, 0.3) is 5.91 Å². The molecule has 0 atom stereocenters. The molecule has 0 aromatic carbocycles. The number of hydrogen-bond donors (Lipinski definition) is 4. The normalized spacial score (nSPS) is 9.57. The zero-order valence-electron chi connectivity index (χ0n) is 7.33. The minimum absolute atomic E-state index is 0.00713. The maximum atomic E-state index is 11.3. The van der Waals surface area contributed by atoms with Crippen LogP contribution < -0.4 is 16.8 Å². The van der Waals surface area contributed by atoms with Crippen molar-refractivity contribution >= 4 is 18.1 Å².